The van der Waals surface area contributed by atoms with E-state index in [2.05, 4.69) is 91.6 Å². The average molecular weight is 2120 g/mol. The highest BCUT2D eigenvalue weighted by Crippen LogP contribution is 2.15. The largest absolute Gasteiger partial charge is 0.469 e. The Kier molecular flexibility index (Phi) is 116. The predicted molar refractivity (Wildman–Crippen MR) is 589 cm³/mol. The van der Waals surface area contributed by atoms with Gasteiger partial charge in [0.2, 0.25) is 53.2 Å². The minimum atomic E-state index is -0.251. The third kappa shape index (κ3) is 112. The van der Waals surface area contributed by atoms with Crippen LogP contribution >= 0.6 is 0 Å². The Balaban J connectivity index is -0.000000212. The van der Waals surface area contributed by atoms with Gasteiger partial charge in [0.15, 0.2) is 0 Å². The number of unbranched alkanes of at least 4 members (excludes halogenated alkanes) is 12. The van der Waals surface area contributed by atoms with Crippen molar-refractivity contribution in [2.45, 2.75) is 320 Å². The number of hydrogen-bond acceptors (Lipinski definition) is 27. The molecule has 0 bridgehead atoms. The van der Waals surface area contributed by atoms with Gasteiger partial charge in [-0.15, -0.1) is 0 Å². The van der Waals surface area contributed by atoms with E-state index in [-0.39, 0.29) is 113 Å². The van der Waals surface area contributed by atoms with E-state index in [1.54, 1.807) is 85.1 Å². The van der Waals surface area contributed by atoms with Gasteiger partial charge in [0, 0.05) is 180 Å². The second-order valence-corrected chi connectivity index (χ2v) is 35.5. The summed E-state index contributed by atoms with van der Waals surface area (Å²) in [6.45, 7) is 60.9. The van der Waals surface area contributed by atoms with Crippen molar-refractivity contribution in [3.8, 4) is 0 Å². The molecule has 1 atom stereocenters. The predicted octanol–water partition coefficient (Wildman–Crippen LogP) is 17.4. The Labute approximate surface area is 896 Å². The molecule has 0 saturated heterocycles. The summed E-state index contributed by atoms with van der Waals surface area (Å²) in [5.41, 5.74) is 0. The summed E-state index contributed by atoms with van der Waals surface area (Å²) in [6.07, 6.45) is 41.7. The Morgan fingerprint density at radius 3 is 0.658 bits per heavy atom. The maximum atomic E-state index is 11.6. The molecule has 0 aromatic rings. The number of esters is 9. The lowest BCUT2D eigenvalue weighted by atomic mass is 10.0. The molecule has 0 aliphatic rings. The fraction of sp³-hybridized carbons (Fsp3) is 0.681. The van der Waals surface area contributed by atoms with E-state index < -0.39 is 0 Å². The van der Waals surface area contributed by atoms with Crippen molar-refractivity contribution in [2.75, 3.05) is 176 Å². The normalized spacial score (nSPS) is 10.0. The van der Waals surface area contributed by atoms with Crippen molar-refractivity contribution >= 4 is 107 Å². The molecule has 858 valence electrons. The van der Waals surface area contributed by atoms with Crippen LogP contribution in [0.15, 0.2) is 114 Å². The first-order valence-electron chi connectivity index (χ1n) is 52.9. The zero-order valence-corrected chi connectivity index (χ0v) is 95.8. The number of ether oxygens (including phenoxy) is 9. The maximum absolute atomic E-state index is 11.6. The lowest BCUT2D eigenvalue weighted by Gasteiger charge is -2.16. The first kappa shape index (κ1) is 155. The highest BCUT2D eigenvalue weighted by Gasteiger charge is 2.18. The van der Waals surface area contributed by atoms with Crippen molar-refractivity contribution in [3.63, 3.8) is 0 Å². The molecule has 0 heterocycles. The third-order valence-electron chi connectivity index (χ3n) is 21.1. The van der Waals surface area contributed by atoms with Gasteiger partial charge in [-0.3, -0.25) is 86.3 Å². The summed E-state index contributed by atoms with van der Waals surface area (Å²) in [5.74, 6) is -2.09. The molecule has 0 rings (SSSR count). The van der Waals surface area contributed by atoms with Crippen molar-refractivity contribution in [1.82, 2.24) is 44.1 Å². The molecule has 36 nitrogen and oxygen atoms in total. The average Bonchev–Trinajstić information content (AvgIpc) is 1.05. The summed E-state index contributed by atoms with van der Waals surface area (Å²) < 4.78 is 44.6. The lowest BCUT2D eigenvalue weighted by molar-refractivity contribution is -0.148. The Bertz CT molecular complexity index is 3720. The van der Waals surface area contributed by atoms with Gasteiger partial charge in [0.25, 0.3) is 0 Å². The summed E-state index contributed by atoms with van der Waals surface area (Å²) in [4.78, 5) is 214. The maximum Gasteiger partial charge on any atom is 0.306 e. The molecule has 0 aromatic carbocycles. The van der Waals surface area contributed by atoms with E-state index in [1.165, 1.54) is 155 Å². The SMILES string of the molecule is C=CC(=O)N(C)CCCC(=O)OC.C=CC(=O)N(C)CCCC(=O)OC(C)C.C=CC(=O)N(C)CCCC(=O)OCC.C=CC(=O)N(C)CCCC(=O)OCC(C)C.C=CC(=O)N(C)CCCC(=O)OCC(CC)CCCC.C=CC(=O)N(C)CCCC(=O)OCCC.C=CC(=O)N(C)CCCC(=O)OCCCC.C=CC(=O)N(C)CCCC(=O)OCCCCCC.C=CC(=O)N(C)CCCC(=O)OCCCCCCCCCC. The molecule has 0 aliphatic heterocycles. The van der Waals surface area contributed by atoms with Gasteiger partial charge >= 0.3 is 53.7 Å². The number of carbonyl (C=O) groups excluding carboxylic acids is 18. The zero-order valence-electron chi connectivity index (χ0n) is 95.8. The molecule has 36 heteroatoms. The molecule has 0 radical (unpaired) electrons. The van der Waals surface area contributed by atoms with Crippen LogP contribution in [0.5, 0.6) is 0 Å². The van der Waals surface area contributed by atoms with Crippen molar-refractivity contribution in [2.24, 2.45) is 11.8 Å². The summed E-state index contributed by atoms with van der Waals surface area (Å²) in [7, 11) is 16.5. The molecule has 0 fully saturated rings. The molecular formula is C113H199N9O27. The van der Waals surface area contributed by atoms with E-state index in [9.17, 15) is 86.3 Å². The molecule has 0 aliphatic carbocycles. The van der Waals surface area contributed by atoms with Crippen molar-refractivity contribution < 1.29 is 129 Å². The first-order chi connectivity index (χ1) is 70.7. The minimum absolute atomic E-state index is 0.0787. The number of carbonyl (C=O) groups is 18. The standard InChI is InChI=1S/C18H33NO3.C16H29NO3.C14H25NO3.2C12H21NO3.2C11H19NO3.C10H17NO3.C9H15NO3/c1-4-6-7-8-9-10-11-12-16-22-18(21)14-13-15-19(3)17(20)5-2;1-5-8-10-14(6-2)13-20-16(19)11-9-12-17(4)15(18)7-3;1-4-6-7-8-12-18-14(17)10-9-11-15(3)13(16)5-2;1-5-11(14)13(4)8-6-7-12(15)16-9-10(2)3;1-4-6-10-16-12(15)8-7-9-13(3)11(14)5-2;1-5-10(13)12(4)8-6-7-11(14)15-9(2)3;1-4-9-15-11(14)7-6-8-12(3)10(13)5-2;1-4-9(12)11(3)8-6-7-10(13)14-5-2;1-4-8(11)10(2)7-5-6-9(12)13-3/h5H,2,4,6-16H2,1,3H3;7,14H,3,5-6,8-13H2,1-2,4H3;5H,2,4,6-12H2,1,3H3;5,10H,1,6-9H2,2-4H3;5H,2,4,6-10H2,1,3H3;5,9H,1,6-8H2,2-4H3;5H,2,4,6-9H2,1,3H3;4H,1,5-8H2,2-3H3;4H,1,5-7H2,2-3H3. The molecule has 0 N–H and O–H groups in total. The monoisotopic (exact) mass is 2110 g/mol. The lowest BCUT2D eigenvalue weighted by Crippen LogP contribution is -2.26. The van der Waals surface area contributed by atoms with Gasteiger partial charge in [-0.05, 0) is 177 Å². The van der Waals surface area contributed by atoms with E-state index in [0.717, 1.165) is 57.8 Å². The number of rotatable bonds is 74. The van der Waals surface area contributed by atoms with Crippen molar-refractivity contribution in [1.29, 1.82) is 0 Å². The van der Waals surface area contributed by atoms with Gasteiger partial charge in [0.1, 0.15) is 0 Å². The van der Waals surface area contributed by atoms with Gasteiger partial charge in [-0.1, -0.05) is 204 Å². The number of amides is 9. The zero-order chi connectivity index (χ0) is 116. The van der Waals surface area contributed by atoms with E-state index in [1.807, 2.05) is 41.5 Å². The summed E-state index contributed by atoms with van der Waals surface area (Å²) in [5, 5.41) is 0. The molecule has 0 spiro atoms. The molecule has 9 amide bonds. The van der Waals surface area contributed by atoms with Gasteiger partial charge in [-0.2, -0.15) is 0 Å². The minimum Gasteiger partial charge on any atom is -0.469 e. The quantitative estimate of drug-likeness (QED) is 0.0236. The Morgan fingerprint density at radius 1 is 0.228 bits per heavy atom. The first-order valence-corrected chi connectivity index (χ1v) is 52.9. The van der Waals surface area contributed by atoms with Gasteiger partial charge < -0.3 is 86.7 Å². The highest BCUT2D eigenvalue weighted by atomic mass is 16.6. The highest BCUT2D eigenvalue weighted by molar-refractivity contribution is 5.90. The molecule has 1 unspecified atom stereocenters. The Morgan fingerprint density at radius 2 is 0.436 bits per heavy atom. The number of methoxy groups -OCH3 is 1. The molecule has 149 heavy (non-hydrogen) atoms. The second kappa shape index (κ2) is 112. The third-order valence-corrected chi connectivity index (χ3v) is 21.1. The number of likely N-dealkylation sites (N-methyl/N-ethyl adjacent to an activating group) is 9. The summed E-state index contributed by atoms with van der Waals surface area (Å²) >= 11 is 0. The molecule has 0 aromatic heterocycles. The van der Waals surface area contributed by atoms with Gasteiger partial charge in [-0.25, -0.2) is 0 Å². The van der Waals surface area contributed by atoms with Crippen LogP contribution in [0.2, 0.25) is 0 Å². The van der Waals surface area contributed by atoms with Crippen LogP contribution in [0.1, 0.15) is 314 Å². The molecule has 0 saturated carbocycles. The van der Waals surface area contributed by atoms with E-state index >= 15 is 0 Å². The Hall–Kier alpha value is -11.9. The number of nitrogens with zero attached hydrogens (tertiary/aromatic N) is 9. The van der Waals surface area contributed by atoms with Crippen LogP contribution in [0.3, 0.4) is 0 Å². The number of hydrogen-bond donors (Lipinski definition) is 0. The molecular weight excluding hydrogens is 1920 g/mol. The fourth-order valence-electron chi connectivity index (χ4n) is 11.7. The van der Waals surface area contributed by atoms with E-state index in [4.69, 9.17) is 37.9 Å². The van der Waals surface area contributed by atoms with Crippen LogP contribution in [-0.4, -0.2) is 333 Å². The fourth-order valence-corrected chi connectivity index (χ4v) is 11.7. The van der Waals surface area contributed by atoms with Crippen LogP contribution in [0, 0.1) is 11.8 Å². The van der Waals surface area contributed by atoms with Gasteiger partial charge in [0.05, 0.1) is 59.5 Å². The second-order valence-electron chi connectivity index (χ2n) is 35.5. The van der Waals surface area contributed by atoms with Crippen LogP contribution < -0.4 is 0 Å². The van der Waals surface area contributed by atoms with Crippen molar-refractivity contribution in [3.05, 3.63) is 114 Å². The smallest absolute Gasteiger partial charge is 0.306 e. The van der Waals surface area contributed by atoms with Crippen LogP contribution in [-0.2, 0) is 129 Å². The summed E-state index contributed by atoms with van der Waals surface area (Å²) in [6, 6.07) is 0. The van der Waals surface area contributed by atoms with E-state index in [0.29, 0.717) is 233 Å². The van der Waals surface area contributed by atoms with Crippen LogP contribution in [0.4, 0.5) is 0 Å². The van der Waals surface area contributed by atoms with Crippen LogP contribution in [0.25, 0.3) is 0 Å². The topological polar surface area (TPSA) is 419 Å².